The first kappa shape index (κ1) is 19.4. The van der Waals surface area contributed by atoms with Crippen molar-refractivity contribution in [3.05, 3.63) is 89.2 Å². The lowest BCUT2D eigenvalue weighted by molar-refractivity contribution is 0.578. The molecule has 3 aromatic rings. The molecule has 0 fully saturated rings. The first-order chi connectivity index (χ1) is 12.9. The molecule has 0 unspecified atom stereocenters. The molecule has 0 aliphatic heterocycles. The zero-order chi connectivity index (χ0) is 19.4. The highest BCUT2D eigenvalue weighted by Crippen LogP contribution is 2.18. The molecule has 0 aliphatic carbocycles. The predicted molar refractivity (Wildman–Crippen MR) is 109 cm³/mol. The third-order valence-corrected chi connectivity index (χ3v) is 6.24. The number of aromatic nitrogens is 1. The van der Waals surface area contributed by atoms with E-state index in [0.717, 1.165) is 17.8 Å². The van der Waals surface area contributed by atoms with Crippen LogP contribution in [0.1, 0.15) is 42.1 Å². The lowest BCUT2D eigenvalue weighted by Crippen LogP contribution is -2.24. The summed E-state index contributed by atoms with van der Waals surface area (Å²) in [5.41, 5.74) is 4.51. The van der Waals surface area contributed by atoms with Crippen LogP contribution in [-0.4, -0.2) is 13.0 Å². The summed E-state index contributed by atoms with van der Waals surface area (Å²) >= 11 is 0. The molecular formula is C22H26N2O2S. The van der Waals surface area contributed by atoms with Crippen molar-refractivity contribution >= 4 is 10.0 Å². The molecule has 3 rings (SSSR count). The molecule has 2 aromatic carbocycles. The Labute approximate surface area is 161 Å². The molecule has 4 nitrogen and oxygen atoms in total. The molecule has 0 atom stereocenters. The van der Waals surface area contributed by atoms with Crippen molar-refractivity contribution in [2.24, 2.45) is 0 Å². The first-order valence-corrected chi connectivity index (χ1v) is 10.6. The van der Waals surface area contributed by atoms with Crippen molar-refractivity contribution in [3.8, 4) is 0 Å². The van der Waals surface area contributed by atoms with E-state index in [1.165, 1.54) is 11.1 Å². The number of sulfonamides is 1. The fourth-order valence-electron chi connectivity index (χ4n) is 3.02. The fraction of sp³-hybridized carbons (Fsp3) is 0.273. The van der Waals surface area contributed by atoms with Gasteiger partial charge in [0.1, 0.15) is 0 Å². The summed E-state index contributed by atoms with van der Waals surface area (Å²) in [5.74, 6) is 0.374. The third kappa shape index (κ3) is 4.67. The number of rotatable bonds is 7. The van der Waals surface area contributed by atoms with E-state index in [9.17, 15) is 8.42 Å². The van der Waals surface area contributed by atoms with Gasteiger partial charge in [-0.25, -0.2) is 13.1 Å². The molecule has 0 radical (unpaired) electrons. The number of aryl methyl sites for hydroxylation is 1. The highest BCUT2D eigenvalue weighted by atomic mass is 32.2. The van der Waals surface area contributed by atoms with Gasteiger partial charge in [-0.3, -0.25) is 0 Å². The Morgan fingerprint density at radius 2 is 1.67 bits per heavy atom. The standard InChI is InChI=1S/C22H26N2O2S/c1-17(2)19-10-12-22(13-11-19)27(25,26)23-15-21-9-6-14-24(21)16-20-8-5-4-7-18(20)3/h4-14,17,23H,15-16H2,1-3H3. The highest BCUT2D eigenvalue weighted by molar-refractivity contribution is 7.89. The summed E-state index contributed by atoms with van der Waals surface area (Å²) < 4.78 is 30.0. The molecule has 1 heterocycles. The molecule has 0 saturated carbocycles. The monoisotopic (exact) mass is 382 g/mol. The van der Waals surface area contributed by atoms with Crippen LogP contribution in [0.2, 0.25) is 0 Å². The number of hydrogen-bond acceptors (Lipinski definition) is 2. The Balaban J connectivity index is 1.71. The lowest BCUT2D eigenvalue weighted by atomic mass is 10.0. The molecule has 1 aromatic heterocycles. The van der Waals surface area contributed by atoms with Gasteiger partial charge in [0.15, 0.2) is 0 Å². The smallest absolute Gasteiger partial charge is 0.240 e. The molecule has 1 N–H and O–H groups in total. The summed E-state index contributed by atoms with van der Waals surface area (Å²) in [6.45, 7) is 7.24. The van der Waals surface area contributed by atoms with Gasteiger partial charge in [0.2, 0.25) is 10.0 Å². The minimum absolute atomic E-state index is 0.257. The Morgan fingerprint density at radius 1 is 0.963 bits per heavy atom. The quantitative estimate of drug-likeness (QED) is 0.656. The van der Waals surface area contributed by atoms with Crippen LogP contribution in [0, 0.1) is 6.92 Å². The fourth-order valence-corrected chi connectivity index (χ4v) is 4.02. The van der Waals surface area contributed by atoms with E-state index in [4.69, 9.17) is 0 Å². The topological polar surface area (TPSA) is 51.1 Å². The molecule has 27 heavy (non-hydrogen) atoms. The maximum absolute atomic E-state index is 12.6. The number of benzene rings is 2. The van der Waals surface area contributed by atoms with Crippen LogP contribution in [0.4, 0.5) is 0 Å². The average Bonchev–Trinajstić information content (AvgIpc) is 3.09. The summed E-state index contributed by atoms with van der Waals surface area (Å²) in [7, 11) is -3.54. The van der Waals surface area contributed by atoms with Gasteiger partial charge < -0.3 is 4.57 Å². The molecule has 0 amide bonds. The van der Waals surface area contributed by atoms with Crippen LogP contribution in [-0.2, 0) is 23.1 Å². The second-order valence-corrected chi connectivity index (χ2v) is 8.87. The number of nitrogens with zero attached hydrogens (tertiary/aromatic N) is 1. The molecule has 0 spiro atoms. The van der Waals surface area contributed by atoms with Gasteiger partial charge >= 0.3 is 0 Å². The maximum Gasteiger partial charge on any atom is 0.240 e. The van der Waals surface area contributed by atoms with E-state index in [-0.39, 0.29) is 6.54 Å². The summed E-state index contributed by atoms with van der Waals surface area (Å²) in [6.07, 6.45) is 1.98. The number of hydrogen-bond donors (Lipinski definition) is 1. The van der Waals surface area contributed by atoms with Gasteiger partial charge in [-0.05, 0) is 53.8 Å². The van der Waals surface area contributed by atoms with Crippen LogP contribution < -0.4 is 4.72 Å². The summed E-state index contributed by atoms with van der Waals surface area (Å²) in [5, 5.41) is 0. The van der Waals surface area contributed by atoms with Gasteiger partial charge in [-0.2, -0.15) is 0 Å². The van der Waals surface area contributed by atoms with Crippen LogP contribution in [0.25, 0.3) is 0 Å². The van der Waals surface area contributed by atoms with E-state index in [2.05, 4.69) is 42.2 Å². The van der Waals surface area contributed by atoms with E-state index in [1.807, 2.05) is 42.6 Å². The van der Waals surface area contributed by atoms with Crippen LogP contribution >= 0.6 is 0 Å². The maximum atomic E-state index is 12.6. The molecule has 142 valence electrons. The van der Waals surface area contributed by atoms with Crippen LogP contribution in [0.15, 0.2) is 71.8 Å². The second kappa shape index (κ2) is 8.11. The Morgan fingerprint density at radius 3 is 2.33 bits per heavy atom. The van der Waals surface area contributed by atoms with Crippen molar-refractivity contribution in [2.75, 3.05) is 0 Å². The van der Waals surface area contributed by atoms with Gasteiger partial charge in [-0.1, -0.05) is 50.2 Å². The Bertz CT molecular complexity index is 1000. The van der Waals surface area contributed by atoms with Gasteiger partial charge in [0.25, 0.3) is 0 Å². The summed E-state index contributed by atoms with van der Waals surface area (Å²) in [4.78, 5) is 0.295. The molecule has 0 bridgehead atoms. The van der Waals surface area contributed by atoms with E-state index in [0.29, 0.717) is 10.8 Å². The van der Waals surface area contributed by atoms with Crippen molar-refractivity contribution in [3.63, 3.8) is 0 Å². The van der Waals surface area contributed by atoms with Crippen molar-refractivity contribution < 1.29 is 8.42 Å². The van der Waals surface area contributed by atoms with Crippen LogP contribution in [0.5, 0.6) is 0 Å². The largest absolute Gasteiger partial charge is 0.346 e. The molecule has 5 heteroatoms. The second-order valence-electron chi connectivity index (χ2n) is 7.10. The highest BCUT2D eigenvalue weighted by Gasteiger charge is 2.15. The van der Waals surface area contributed by atoms with Gasteiger partial charge in [-0.15, -0.1) is 0 Å². The SMILES string of the molecule is Cc1ccccc1Cn1cccc1CNS(=O)(=O)c1ccc(C(C)C)cc1. The predicted octanol–water partition coefficient (Wildman–Crippen LogP) is 4.45. The zero-order valence-electron chi connectivity index (χ0n) is 16.0. The minimum Gasteiger partial charge on any atom is -0.346 e. The molecular weight excluding hydrogens is 356 g/mol. The van der Waals surface area contributed by atoms with Crippen LogP contribution in [0.3, 0.4) is 0 Å². The minimum atomic E-state index is -3.54. The third-order valence-electron chi connectivity index (χ3n) is 4.83. The average molecular weight is 383 g/mol. The lowest BCUT2D eigenvalue weighted by Gasteiger charge is -2.13. The zero-order valence-corrected chi connectivity index (χ0v) is 16.8. The molecule has 0 saturated heterocycles. The summed E-state index contributed by atoms with van der Waals surface area (Å²) in [6, 6.07) is 19.2. The van der Waals surface area contributed by atoms with Gasteiger partial charge in [0, 0.05) is 18.4 Å². The normalized spacial score (nSPS) is 11.9. The van der Waals surface area contributed by atoms with E-state index in [1.54, 1.807) is 12.1 Å². The van der Waals surface area contributed by atoms with Gasteiger partial charge in [0.05, 0.1) is 11.4 Å². The van der Waals surface area contributed by atoms with Crippen molar-refractivity contribution in [1.82, 2.24) is 9.29 Å². The Kier molecular flexibility index (Phi) is 5.82. The Hall–Kier alpha value is -2.37. The van der Waals surface area contributed by atoms with E-state index < -0.39 is 10.0 Å². The van der Waals surface area contributed by atoms with Crippen molar-refractivity contribution in [2.45, 2.75) is 44.7 Å². The first-order valence-electron chi connectivity index (χ1n) is 9.15. The number of nitrogens with one attached hydrogen (secondary N) is 1. The molecule has 0 aliphatic rings. The van der Waals surface area contributed by atoms with E-state index >= 15 is 0 Å². The van der Waals surface area contributed by atoms with Crippen molar-refractivity contribution in [1.29, 1.82) is 0 Å².